The van der Waals surface area contributed by atoms with E-state index in [1.54, 1.807) is 24.3 Å². The minimum atomic E-state index is -0.395. The molecule has 2 aromatic rings. The van der Waals surface area contributed by atoms with E-state index in [1.165, 1.54) is 0 Å². The second-order valence-electron chi connectivity index (χ2n) is 3.20. The lowest BCUT2D eigenvalue weighted by atomic mass is 10.1. The van der Waals surface area contributed by atoms with E-state index in [1.807, 2.05) is 0 Å². The van der Waals surface area contributed by atoms with Crippen molar-refractivity contribution < 1.29 is 0 Å². The maximum Gasteiger partial charge on any atom is 0.275 e. The van der Waals surface area contributed by atoms with Crippen molar-refractivity contribution in [2.24, 2.45) is 0 Å². The van der Waals surface area contributed by atoms with Crippen molar-refractivity contribution >= 4 is 29.5 Å². The number of benzene rings is 1. The Morgan fingerprint density at radius 3 is 2.44 bits per heavy atom. The second kappa shape index (κ2) is 4.11. The molecule has 0 aliphatic rings. The molecule has 0 amide bonds. The molecule has 82 valence electrons. The Balaban J connectivity index is 2.69. The molecule has 0 saturated heterocycles. The summed E-state index contributed by atoms with van der Waals surface area (Å²) in [4.78, 5) is 16.7. The predicted molar refractivity (Wildman–Crippen MR) is 67.1 cm³/mol. The van der Waals surface area contributed by atoms with Gasteiger partial charge in [-0.2, -0.15) is 0 Å². The van der Waals surface area contributed by atoms with Gasteiger partial charge in [0.05, 0.1) is 5.69 Å². The largest absolute Gasteiger partial charge is 0.393 e. The van der Waals surface area contributed by atoms with Gasteiger partial charge >= 0.3 is 0 Å². The van der Waals surface area contributed by atoms with E-state index >= 15 is 0 Å². The average Bonchev–Trinajstić information content (AvgIpc) is 2.25. The Bertz CT molecular complexity index is 630. The summed E-state index contributed by atoms with van der Waals surface area (Å²) in [6, 6.07) is 6.96. The van der Waals surface area contributed by atoms with Crippen LogP contribution in [0.5, 0.6) is 0 Å². The summed E-state index contributed by atoms with van der Waals surface area (Å²) in [7, 11) is 0. The fourth-order valence-electron chi connectivity index (χ4n) is 1.34. The van der Waals surface area contributed by atoms with Crippen LogP contribution in [0.1, 0.15) is 0 Å². The van der Waals surface area contributed by atoms with Gasteiger partial charge in [-0.05, 0) is 24.4 Å². The third kappa shape index (κ3) is 2.00. The summed E-state index contributed by atoms with van der Waals surface area (Å²) < 4.78 is 0.240. The standard InChI is InChI=1S/C10H8ClN3OS/c11-6-3-1-5(2-4-6)8-7(12)9(15)14-10(16)13-8/h1-4H,12H2,(H2,13,14,15,16). The summed E-state index contributed by atoms with van der Waals surface area (Å²) in [6.07, 6.45) is 0. The van der Waals surface area contributed by atoms with Crippen LogP contribution in [0.4, 0.5) is 5.69 Å². The van der Waals surface area contributed by atoms with Crippen LogP contribution in [0.3, 0.4) is 0 Å². The van der Waals surface area contributed by atoms with Gasteiger partial charge in [0.25, 0.3) is 5.56 Å². The van der Waals surface area contributed by atoms with Crippen molar-refractivity contribution in [3.63, 3.8) is 0 Å². The lowest BCUT2D eigenvalue weighted by Crippen LogP contribution is -2.14. The maximum absolute atomic E-state index is 11.4. The molecule has 0 spiro atoms. The van der Waals surface area contributed by atoms with Crippen LogP contribution < -0.4 is 11.3 Å². The van der Waals surface area contributed by atoms with E-state index in [0.29, 0.717) is 10.7 Å². The maximum atomic E-state index is 11.4. The first-order valence-corrected chi connectivity index (χ1v) is 5.24. The molecule has 0 unspecified atom stereocenters. The number of nitrogens with one attached hydrogen (secondary N) is 2. The van der Waals surface area contributed by atoms with Gasteiger partial charge in [-0.25, -0.2) is 0 Å². The molecule has 4 nitrogen and oxygen atoms in total. The highest BCUT2D eigenvalue weighted by Crippen LogP contribution is 2.22. The summed E-state index contributed by atoms with van der Waals surface area (Å²) in [5.41, 5.74) is 6.65. The van der Waals surface area contributed by atoms with Gasteiger partial charge < -0.3 is 10.7 Å². The highest BCUT2D eigenvalue weighted by Gasteiger charge is 2.06. The van der Waals surface area contributed by atoms with Crippen molar-refractivity contribution in [1.29, 1.82) is 0 Å². The minimum absolute atomic E-state index is 0.107. The van der Waals surface area contributed by atoms with Crippen LogP contribution in [0.25, 0.3) is 11.3 Å². The summed E-state index contributed by atoms with van der Waals surface area (Å²) >= 11 is 10.7. The fourth-order valence-corrected chi connectivity index (χ4v) is 1.66. The van der Waals surface area contributed by atoms with Gasteiger partial charge in [0.1, 0.15) is 5.69 Å². The SMILES string of the molecule is Nc1c(-c2ccc(Cl)cc2)[nH]c(=S)[nH]c1=O. The van der Waals surface area contributed by atoms with Crippen LogP contribution in [-0.4, -0.2) is 9.97 Å². The highest BCUT2D eigenvalue weighted by atomic mass is 35.5. The van der Waals surface area contributed by atoms with Crippen LogP contribution in [0.15, 0.2) is 29.1 Å². The number of nitrogens with two attached hydrogens (primary N) is 1. The smallest absolute Gasteiger partial charge is 0.275 e. The highest BCUT2D eigenvalue weighted by molar-refractivity contribution is 7.71. The second-order valence-corrected chi connectivity index (χ2v) is 4.05. The molecule has 0 aliphatic carbocycles. The first-order chi connectivity index (χ1) is 7.58. The molecule has 1 aromatic carbocycles. The van der Waals surface area contributed by atoms with Gasteiger partial charge in [-0.1, -0.05) is 23.7 Å². The summed E-state index contributed by atoms with van der Waals surface area (Å²) in [5, 5.41) is 0.616. The van der Waals surface area contributed by atoms with Gasteiger partial charge in [-0.3, -0.25) is 9.78 Å². The monoisotopic (exact) mass is 253 g/mol. The third-order valence-corrected chi connectivity index (χ3v) is 2.57. The van der Waals surface area contributed by atoms with Crippen LogP contribution in [0.2, 0.25) is 5.02 Å². The van der Waals surface area contributed by atoms with E-state index in [9.17, 15) is 4.79 Å². The van der Waals surface area contributed by atoms with Crippen molar-refractivity contribution in [2.75, 3.05) is 5.73 Å². The van der Waals surface area contributed by atoms with Crippen molar-refractivity contribution in [1.82, 2.24) is 9.97 Å². The molecular weight excluding hydrogens is 246 g/mol. The molecular formula is C10H8ClN3OS. The molecule has 2 rings (SSSR count). The summed E-state index contributed by atoms with van der Waals surface area (Å²) in [6.45, 7) is 0. The number of nitrogen functional groups attached to an aromatic ring is 1. The lowest BCUT2D eigenvalue weighted by molar-refractivity contribution is 1.10. The normalized spacial score (nSPS) is 10.3. The Morgan fingerprint density at radius 2 is 1.81 bits per heavy atom. The van der Waals surface area contributed by atoms with E-state index in [2.05, 4.69) is 9.97 Å². The zero-order chi connectivity index (χ0) is 11.7. The first-order valence-electron chi connectivity index (χ1n) is 4.46. The zero-order valence-electron chi connectivity index (χ0n) is 8.08. The number of H-pyrrole nitrogens is 2. The number of aromatic amines is 2. The number of aromatic nitrogens is 2. The van der Waals surface area contributed by atoms with E-state index in [-0.39, 0.29) is 10.5 Å². The van der Waals surface area contributed by atoms with Gasteiger partial charge in [0.2, 0.25) is 0 Å². The number of rotatable bonds is 1. The molecule has 4 N–H and O–H groups in total. The molecule has 0 atom stereocenters. The molecule has 0 bridgehead atoms. The van der Waals surface area contributed by atoms with E-state index in [0.717, 1.165) is 5.56 Å². The van der Waals surface area contributed by atoms with Gasteiger partial charge in [-0.15, -0.1) is 0 Å². The number of halogens is 1. The van der Waals surface area contributed by atoms with Crippen molar-refractivity contribution in [2.45, 2.75) is 0 Å². The van der Waals surface area contributed by atoms with Crippen LogP contribution in [0, 0.1) is 4.77 Å². The Labute approximate surface area is 101 Å². The van der Waals surface area contributed by atoms with Crippen molar-refractivity contribution in [3.8, 4) is 11.3 Å². The Hall–Kier alpha value is -1.59. The lowest BCUT2D eigenvalue weighted by Gasteiger charge is -2.04. The number of anilines is 1. The fraction of sp³-hybridized carbons (Fsp3) is 0. The molecule has 16 heavy (non-hydrogen) atoms. The number of hydrogen-bond acceptors (Lipinski definition) is 3. The molecule has 0 radical (unpaired) electrons. The predicted octanol–water partition coefficient (Wildman–Crippen LogP) is 2.34. The molecule has 0 saturated carbocycles. The minimum Gasteiger partial charge on any atom is -0.393 e. The topological polar surface area (TPSA) is 74.7 Å². The van der Waals surface area contributed by atoms with Gasteiger partial charge in [0.15, 0.2) is 4.77 Å². The average molecular weight is 254 g/mol. The van der Waals surface area contributed by atoms with Crippen LogP contribution >= 0.6 is 23.8 Å². The van der Waals surface area contributed by atoms with E-state index < -0.39 is 5.56 Å². The summed E-state index contributed by atoms with van der Waals surface area (Å²) in [5.74, 6) is 0. The van der Waals surface area contributed by atoms with E-state index in [4.69, 9.17) is 29.6 Å². The van der Waals surface area contributed by atoms with Gasteiger partial charge in [0, 0.05) is 10.6 Å². The molecule has 6 heteroatoms. The quantitative estimate of drug-likeness (QED) is 0.683. The third-order valence-electron chi connectivity index (χ3n) is 2.11. The Kier molecular flexibility index (Phi) is 2.80. The number of hydrogen-bond donors (Lipinski definition) is 3. The molecule has 0 fully saturated rings. The molecule has 1 heterocycles. The Morgan fingerprint density at radius 1 is 1.19 bits per heavy atom. The van der Waals surface area contributed by atoms with Crippen molar-refractivity contribution in [3.05, 3.63) is 44.4 Å². The first kappa shape index (κ1) is 10.9. The van der Waals surface area contributed by atoms with Crippen LogP contribution in [-0.2, 0) is 0 Å². The zero-order valence-corrected chi connectivity index (χ0v) is 9.65. The molecule has 1 aromatic heterocycles. The molecule has 0 aliphatic heterocycles.